The fourth-order valence-corrected chi connectivity index (χ4v) is 2.63. The molecule has 2 rings (SSSR count). The first kappa shape index (κ1) is 19.1. The predicted molar refractivity (Wildman–Crippen MR) is 95.4 cm³/mol. The van der Waals surface area contributed by atoms with Crippen molar-refractivity contribution in [3.05, 3.63) is 41.9 Å². The smallest absolute Gasteiger partial charge is 0.241 e. The lowest BCUT2D eigenvalue weighted by Gasteiger charge is -2.25. The van der Waals surface area contributed by atoms with Crippen molar-refractivity contribution in [1.29, 1.82) is 0 Å². The van der Waals surface area contributed by atoms with Crippen molar-refractivity contribution in [2.45, 2.75) is 45.1 Å². The average molecular weight is 347 g/mol. The van der Waals surface area contributed by atoms with Crippen LogP contribution in [0.4, 0.5) is 4.39 Å². The molecule has 1 amide bonds. The molecular weight excluding hydrogens is 321 g/mol. The van der Waals surface area contributed by atoms with Crippen LogP contribution in [0.3, 0.4) is 0 Å². The summed E-state index contributed by atoms with van der Waals surface area (Å²) in [6, 6.07) is 8.14. The number of aromatic nitrogens is 1. The second kappa shape index (κ2) is 8.25. The number of nitrogens with two attached hydrogens (primary N) is 1. The van der Waals surface area contributed by atoms with Crippen molar-refractivity contribution in [2.24, 2.45) is 5.73 Å². The average Bonchev–Trinajstić information content (AvgIpc) is 3.01. The molecular formula is C19H26FN3O2. The highest BCUT2D eigenvalue weighted by Crippen LogP contribution is 2.21. The highest BCUT2D eigenvalue weighted by atomic mass is 19.1. The Morgan fingerprint density at radius 2 is 2.04 bits per heavy atom. The topological polar surface area (TPSA) is 72.4 Å². The van der Waals surface area contributed by atoms with Crippen molar-refractivity contribution in [3.63, 3.8) is 0 Å². The number of carbonyl (C=O) groups excluding carboxylic acids is 1. The molecule has 2 aromatic rings. The molecule has 0 atom stereocenters. The molecule has 136 valence electrons. The summed E-state index contributed by atoms with van der Waals surface area (Å²) in [6.07, 6.45) is 3.58. The van der Waals surface area contributed by atoms with Gasteiger partial charge in [0, 0.05) is 31.6 Å². The van der Waals surface area contributed by atoms with Gasteiger partial charge < -0.3 is 15.2 Å². The van der Waals surface area contributed by atoms with Crippen LogP contribution < -0.4 is 5.73 Å². The molecule has 0 unspecified atom stereocenters. The first-order valence-corrected chi connectivity index (χ1v) is 8.53. The molecule has 2 N–H and O–H groups in total. The van der Waals surface area contributed by atoms with Crippen LogP contribution in [-0.4, -0.2) is 35.1 Å². The van der Waals surface area contributed by atoms with Gasteiger partial charge in [-0.25, -0.2) is 4.39 Å². The standard InChI is InChI=1S/C19H26FN3O2/c1-19(2,21)18(24)23(3)11-6-4-5-10-16-13-17(22-25-16)14-8-7-9-15(20)12-14/h7-9,12-13H,4-6,10-11,21H2,1-3H3. The zero-order chi connectivity index (χ0) is 18.4. The Labute approximate surface area is 148 Å². The van der Waals surface area contributed by atoms with Crippen LogP contribution in [0.2, 0.25) is 0 Å². The van der Waals surface area contributed by atoms with E-state index in [1.54, 1.807) is 37.9 Å². The van der Waals surface area contributed by atoms with Crippen LogP contribution >= 0.6 is 0 Å². The fourth-order valence-electron chi connectivity index (χ4n) is 2.63. The molecule has 0 bridgehead atoms. The van der Waals surface area contributed by atoms with E-state index in [-0.39, 0.29) is 11.7 Å². The lowest BCUT2D eigenvalue weighted by Crippen LogP contribution is -2.49. The number of nitrogens with zero attached hydrogens (tertiary/aromatic N) is 2. The Hall–Kier alpha value is -2.21. The molecule has 1 aromatic heterocycles. The van der Waals surface area contributed by atoms with Crippen LogP contribution in [0.1, 0.15) is 38.9 Å². The number of aryl methyl sites for hydroxylation is 1. The molecule has 5 nitrogen and oxygen atoms in total. The third-order valence-corrected chi connectivity index (χ3v) is 3.99. The summed E-state index contributed by atoms with van der Waals surface area (Å²) in [6.45, 7) is 4.11. The SMILES string of the molecule is CN(CCCCCc1cc(-c2cccc(F)c2)no1)C(=O)C(C)(C)N. The maximum atomic E-state index is 13.2. The molecule has 0 saturated heterocycles. The monoisotopic (exact) mass is 347 g/mol. The van der Waals surface area contributed by atoms with Crippen molar-refractivity contribution in [3.8, 4) is 11.3 Å². The summed E-state index contributed by atoms with van der Waals surface area (Å²) in [5.74, 6) is 0.440. The number of likely N-dealkylation sites (N-methyl/N-ethyl adjacent to an activating group) is 1. The third kappa shape index (κ3) is 5.67. The minimum Gasteiger partial charge on any atom is -0.361 e. The highest BCUT2D eigenvalue weighted by molar-refractivity contribution is 5.84. The number of carbonyl (C=O) groups is 1. The number of unbranched alkanes of at least 4 members (excludes halogenated alkanes) is 2. The molecule has 1 heterocycles. The second-order valence-corrected chi connectivity index (χ2v) is 6.95. The number of benzene rings is 1. The molecule has 0 radical (unpaired) electrons. The Bertz CT molecular complexity index is 707. The van der Waals surface area contributed by atoms with E-state index in [0.29, 0.717) is 17.8 Å². The Morgan fingerprint density at radius 3 is 2.72 bits per heavy atom. The number of rotatable bonds is 8. The zero-order valence-corrected chi connectivity index (χ0v) is 15.1. The van der Waals surface area contributed by atoms with Gasteiger partial charge in [0.1, 0.15) is 17.3 Å². The Morgan fingerprint density at radius 1 is 1.28 bits per heavy atom. The fraction of sp³-hybridized carbons (Fsp3) is 0.474. The summed E-state index contributed by atoms with van der Waals surface area (Å²) in [5, 5.41) is 4.00. The van der Waals surface area contributed by atoms with E-state index in [1.807, 2.05) is 6.07 Å². The van der Waals surface area contributed by atoms with Gasteiger partial charge >= 0.3 is 0 Å². The van der Waals surface area contributed by atoms with Crippen molar-refractivity contribution in [2.75, 3.05) is 13.6 Å². The van der Waals surface area contributed by atoms with E-state index in [4.69, 9.17) is 10.3 Å². The quantitative estimate of drug-likeness (QED) is 0.743. The van der Waals surface area contributed by atoms with E-state index in [9.17, 15) is 9.18 Å². The number of amides is 1. The van der Waals surface area contributed by atoms with Crippen molar-refractivity contribution < 1.29 is 13.7 Å². The summed E-state index contributed by atoms with van der Waals surface area (Å²) in [5.41, 5.74) is 6.33. The highest BCUT2D eigenvalue weighted by Gasteiger charge is 2.24. The Balaban J connectivity index is 1.73. The first-order valence-electron chi connectivity index (χ1n) is 8.53. The summed E-state index contributed by atoms with van der Waals surface area (Å²) >= 11 is 0. The summed E-state index contributed by atoms with van der Waals surface area (Å²) < 4.78 is 18.6. The minimum atomic E-state index is -0.831. The van der Waals surface area contributed by atoms with E-state index in [0.717, 1.165) is 31.4 Å². The van der Waals surface area contributed by atoms with Crippen LogP contribution in [0, 0.1) is 5.82 Å². The summed E-state index contributed by atoms with van der Waals surface area (Å²) in [4.78, 5) is 13.6. The van der Waals surface area contributed by atoms with E-state index in [1.165, 1.54) is 12.1 Å². The van der Waals surface area contributed by atoms with Crippen LogP contribution in [0.15, 0.2) is 34.9 Å². The maximum Gasteiger partial charge on any atom is 0.241 e. The van der Waals surface area contributed by atoms with Crippen molar-refractivity contribution >= 4 is 5.91 Å². The van der Waals surface area contributed by atoms with Gasteiger partial charge in [-0.2, -0.15) is 0 Å². The van der Waals surface area contributed by atoms with Gasteiger partial charge in [0.15, 0.2) is 0 Å². The lowest BCUT2D eigenvalue weighted by atomic mass is 10.1. The predicted octanol–water partition coefficient (Wildman–Crippen LogP) is 3.39. The molecule has 0 aliphatic heterocycles. The summed E-state index contributed by atoms with van der Waals surface area (Å²) in [7, 11) is 1.78. The second-order valence-electron chi connectivity index (χ2n) is 6.95. The maximum absolute atomic E-state index is 13.2. The normalized spacial score (nSPS) is 11.6. The molecule has 0 saturated carbocycles. The molecule has 0 aliphatic carbocycles. The molecule has 1 aromatic carbocycles. The van der Waals surface area contributed by atoms with Gasteiger partial charge in [0.2, 0.25) is 5.91 Å². The van der Waals surface area contributed by atoms with E-state index in [2.05, 4.69) is 5.16 Å². The molecule has 25 heavy (non-hydrogen) atoms. The van der Waals surface area contributed by atoms with Gasteiger partial charge in [-0.1, -0.05) is 23.7 Å². The lowest BCUT2D eigenvalue weighted by molar-refractivity contribution is -0.134. The van der Waals surface area contributed by atoms with Gasteiger partial charge in [-0.15, -0.1) is 0 Å². The van der Waals surface area contributed by atoms with Crippen LogP contribution in [0.5, 0.6) is 0 Å². The van der Waals surface area contributed by atoms with Gasteiger partial charge in [-0.3, -0.25) is 4.79 Å². The molecule has 0 aliphatic rings. The van der Waals surface area contributed by atoms with Crippen LogP contribution in [-0.2, 0) is 11.2 Å². The van der Waals surface area contributed by atoms with Gasteiger partial charge in [0.25, 0.3) is 0 Å². The number of halogens is 1. The van der Waals surface area contributed by atoms with Crippen LogP contribution in [0.25, 0.3) is 11.3 Å². The van der Waals surface area contributed by atoms with Gasteiger partial charge in [-0.05, 0) is 38.8 Å². The molecule has 6 heteroatoms. The molecule has 0 spiro atoms. The number of hydrogen-bond acceptors (Lipinski definition) is 4. The third-order valence-electron chi connectivity index (χ3n) is 3.99. The largest absolute Gasteiger partial charge is 0.361 e. The van der Waals surface area contributed by atoms with Gasteiger partial charge in [0.05, 0.1) is 5.54 Å². The minimum absolute atomic E-state index is 0.0533. The van der Waals surface area contributed by atoms with E-state index >= 15 is 0 Å². The number of hydrogen-bond donors (Lipinski definition) is 1. The van der Waals surface area contributed by atoms with Crippen molar-refractivity contribution in [1.82, 2.24) is 10.1 Å². The first-order chi connectivity index (χ1) is 11.8. The molecule has 0 fully saturated rings. The van der Waals surface area contributed by atoms with E-state index < -0.39 is 5.54 Å². The Kier molecular flexibility index (Phi) is 6.31. The zero-order valence-electron chi connectivity index (χ0n) is 15.1.